The van der Waals surface area contributed by atoms with Crippen molar-refractivity contribution in [2.75, 3.05) is 28.0 Å². The molecule has 1 aliphatic heterocycles. The van der Waals surface area contributed by atoms with E-state index >= 15 is 0 Å². The molecule has 1 aliphatic rings. The van der Waals surface area contributed by atoms with Crippen LogP contribution in [0.1, 0.15) is 29.7 Å². The van der Waals surface area contributed by atoms with Crippen LogP contribution in [-0.2, 0) is 10.0 Å². The highest BCUT2D eigenvalue weighted by atomic mass is 32.2. The fourth-order valence-corrected chi connectivity index (χ4v) is 4.71. The van der Waals surface area contributed by atoms with E-state index in [0.29, 0.717) is 11.6 Å². The van der Waals surface area contributed by atoms with E-state index in [-0.39, 0.29) is 4.90 Å². The molecule has 162 valence electrons. The molecule has 7 nitrogen and oxygen atoms in total. The van der Waals surface area contributed by atoms with Crippen LogP contribution >= 0.6 is 0 Å². The predicted molar refractivity (Wildman–Crippen MR) is 125 cm³/mol. The van der Waals surface area contributed by atoms with Gasteiger partial charge in [0.2, 0.25) is 5.95 Å². The molecule has 2 aromatic carbocycles. The second kappa shape index (κ2) is 8.55. The number of anilines is 4. The lowest BCUT2D eigenvalue weighted by molar-refractivity contribution is 0.601. The summed E-state index contributed by atoms with van der Waals surface area (Å²) in [6.45, 7) is 7.85. The molecule has 0 radical (unpaired) electrons. The van der Waals surface area contributed by atoms with Gasteiger partial charge in [0.25, 0.3) is 10.0 Å². The first-order chi connectivity index (χ1) is 14.8. The highest BCUT2D eigenvalue weighted by Gasteiger charge is 2.16. The number of hydrogen-bond donors (Lipinski definition) is 2. The normalized spacial score (nSPS) is 14.0. The molecule has 0 aliphatic carbocycles. The van der Waals surface area contributed by atoms with Crippen LogP contribution in [0.5, 0.6) is 0 Å². The summed E-state index contributed by atoms with van der Waals surface area (Å²) in [7, 11) is -3.65. The van der Waals surface area contributed by atoms with Gasteiger partial charge in [-0.05, 0) is 81.1 Å². The molecule has 0 atom stereocenters. The van der Waals surface area contributed by atoms with Gasteiger partial charge in [-0.1, -0.05) is 6.07 Å². The number of aromatic nitrogens is 2. The third-order valence-electron chi connectivity index (χ3n) is 5.45. The van der Waals surface area contributed by atoms with Crippen LogP contribution in [0.25, 0.3) is 0 Å². The number of rotatable bonds is 6. The van der Waals surface area contributed by atoms with Gasteiger partial charge in [-0.15, -0.1) is 0 Å². The van der Waals surface area contributed by atoms with Crippen LogP contribution in [0, 0.1) is 20.8 Å². The second-order valence-electron chi connectivity index (χ2n) is 7.94. The van der Waals surface area contributed by atoms with E-state index in [0.717, 1.165) is 41.4 Å². The fraction of sp³-hybridized carbons (Fsp3) is 0.304. The first kappa shape index (κ1) is 21.1. The molecule has 31 heavy (non-hydrogen) atoms. The Hall–Kier alpha value is -3.13. The van der Waals surface area contributed by atoms with Crippen LogP contribution in [0.2, 0.25) is 0 Å². The maximum Gasteiger partial charge on any atom is 0.261 e. The summed E-state index contributed by atoms with van der Waals surface area (Å²) in [5.74, 6) is 1.47. The van der Waals surface area contributed by atoms with E-state index in [1.807, 2.05) is 32.9 Å². The van der Waals surface area contributed by atoms with Crippen LogP contribution in [0.3, 0.4) is 0 Å². The molecule has 2 heterocycles. The topological polar surface area (TPSA) is 87.2 Å². The SMILES string of the molecule is Cc1cc(N2CCCC2)nc(Nc2ccc(NS(=O)(=O)c3ccc(C)c(C)c3)cc2)n1. The number of nitrogens with zero attached hydrogens (tertiary/aromatic N) is 3. The lowest BCUT2D eigenvalue weighted by Gasteiger charge is -2.17. The summed E-state index contributed by atoms with van der Waals surface area (Å²) < 4.78 is 28.0. The number of sulfonamides is 1. The quantitative estimate of drug-likeness (QED) is 0.588. The molecule has 0 saturated carbocycles. The van der Waals surface area contributed by atoms with Crippen LogP contribution in [0.4, 0.5) is 23.1 Å². The zero-order valence-corrected chi connectivity index (χ0v) is 18.8. The Bertz CT molecular complexity index is 1190. The summed E-state index contributed by atoms with van der Waals surface area (Å²) >= 11 is 0. The van der Waals surface area contributed by atoms with Gasteiger partial charge < -0.3 is 10.2 Å². The Morgan fingerprint density at radius 2 is 1.52 bits per heavy atom. The van der Waals surface area contributed by atoms with Crippen molar-refractivity contribution in [2.24, 2.45) is 0 Å². The second-order valence-corrected chi connectivity index (χ2v) is 9.62. The molecule has 3 aromatic rings. The highest BCUT2D eigenvalue weighted by molar-refractivity contribution is 7.92. The third kappa shape index (κ3) is 4.96. The molecule has 0 amide bonds. The molecule has 0 spiro atoms. The van der Waals surface area contributed by atoms with E-state index in [9.17, 15) is 8.42 Å². The maximum atomic E-state index is 12.7. The average molecular weight is 438 g/mol. The number of nitrogens with one attached hydrogen (secondary N) is 2. The van der Waals surface area contributed by atoms with Gasteiger partial charge in [0.1, 0.15) is 5.82 Å². The fourth-order valence-electron chi connectivity index (χ4n) is 3.56. The van der Waals surface area contributed by atoms with Crippen LogP contribution in [0.15, 0.2) is 53.4 Å². The number of hydrogen-bond acceptors (Lipinski definition) is 6. The van der Waals surface area contributed by atoms with Crippen LogP contribution < -0.4 is 14.9 Å². The molecule has 0 bridgehead atoms. The zero-order valence-electron chi connectivity index (χ0n) is 18.0. The number of benzene rings is 2. The smallest absolute Gasteiger partial charge is 0.261 e. The van der Waals surface area contributed by atoms with Gasteiger partial charge in [-0.3, -0.25) is 4.72 Å². The molecule has 8 heteroatoms. The minimum absolute atomic E-state index is 0.250. The molecular formula is C23H27N5O2S. The Kier molecular flexibility index (Phi) is 5.82. The van der Waals surface area contributed by atoms with Crippen LogP contribution in [-0.4, -0.2) is 31.5 Å². The lowest BCUT2D eigenvalue weighted by atomic mass is 10.1. The van der Waals surface area contributed by atoms with Gasteiger partial charge in [-0.25, -0.2) is 13.4 Å². The summed E-state index contributed by atoms with van der Waals surface area (Å²) in [6.07, 6.45) is 2.37. The van der Waals surface area contributed by atoms with Crippen molar-refractivity contribution < 1.29 is 8.42 Å². The molecule has 1 aromatic heterocycles. The molecule has 2 N–H and O–H groups in total. The minimum Gasteiger partial charge on any atom is -0.356 e. The Labute approximate surface area is 183 Å². The van der Waals surface area contributed by atoms with Crippen molar-refractivity contribution in [3.8, 4) is 0 Å². The Morgan fingerprint density at radius 3 is 2.19 bits per heavy atom. The van der Waals surface area contributed by atoms with E-state index < -0.39 is 10.0 Å². The van der Waals surface area contributed by atoms with Gasteiger partial charge in [0.05, 0.1) is 4.90 Å². The van der Waals surface area contributed by atoms with Gasteiger partial charge >= 0.3 is 0 Å². The van der Waals surface area contributed by atoms with E-state index in [4.69, 9.17) is 0 Å². The van der Waals surface area contributed by atoms with Crippen molar-refractivity contribution >= 4 is 33.2 Å². The molecular weight excluding hydrogens is 410 g/mol. The summed E-state index contributed by atoms with van der Waals surface area (Å²) in [4.78, 5) is 11.6. The standard InChI is InChI=1S/C23H27N5O2S/c1-16-6-11-21(14-17(16)2)31(29,30)27-20-9-7-19(8-10-20)25-23-24-18(3)15-22(26-23)28-12-4-5-13-28/h6-11,14-15,27H,4-5,12-13H2,1-3H3,(H,24,25,26). The molecule has 1 fully saturated rings. The highest BCUT2D eigenvalue weighted by Crippen LogP contribution is 2.24. The van der Waals surface area contributed by atoms with Crippen molar-refractivity contribution in [2.45, 2.75) is 38.5 Å². The first-order valence-corrected chi connectivity index (χ1v) is 11.9. The van der Waals surface area contributed by atoms with E-state index in [1.165, 1.54) is 12.8 Å². The maximum absolute atomic E-state index is 12.7. The van der Waals surface area contributed by atoms with Gasteiger partial charge in [0, 0.05) is 36.2 Å². The first-order valence-electron chi connectivity index (χ1n) is 10.4. The van der Waals surface area contributed by atoms with Crippen molar-refractivity contribution in [1.82, 2.24) is 9.97 Å². The summed E-state index contributed by atoms with van der Waals surface area (Å²) in [5.41, 5.74) is 4.17. The van der Waals surface area contributed by atoms with Crippen molar-refractivity contribution in [3.63, 3.8) is 0 Å². The minimum atomic E-state index is -3.65. The van der Waals surface area contributed by atoms with E-state index in [2.05, 4.69) is 24.9 Å². The Balaban J connectivity index is 1.48. The lowest BCUT2D eigenvalue weighted by Crippen LogP contribution is -2.19. The largest absolute Gasteiger partial charge is 0.356 e. The average Bonchev–Trinajstić information content (AvgIpc) is 3.26. The zero-order chi connectivity index (χ0) is 22.0. The van der Waals surface area contributed by atoms with E-state index in [1.54, 1.807) is 36.4 Å². The Morgan fingerprint density at radius 1 is 0.839 bits per heavy atom. The van der Waals surface area contributed by atoms with Gasteiger partial charge in [0.15, 0.2) is 0 Å². The number of aryl methyl sites for hydroxylation is 3. The molecule has 0 unspecified atom stereocenters. The van der Waals surface area contributed by atoms with Crippen molar-refractivity contribution in [3.05, 3.63) is 65.4 Å². The van der Waals surface area contributed by atoms with Gasteiger partial charge in [-0.2, -0.15) is 4.98 Å². The monoisotopic (exact) mass is 437 g/mol. The predicted octanol–water partition coefficient (Wildman–Crippen LogP) is 4.55. The van der Waals surface area contributed by atoms with Crippen molar-refractivity contribution in [1.29, 1.82) is 0 Å². The summed E-state index contributed by atoms with van der Waals surface area (Å²) in [6, 6.07) is 14.2. The molecule has 1 saturated heterocycles. The molecule has 4 rings (SSSR count). The third-order valence-corrected chi connectivity index (χ3v) is 6.83. The summed E-state index contributed by atoms with van der Waals surface area (Å²) in [5, 5.41) is 3.22.